The van der Waals surface area contributed by atoms with Crippen molar-refractivity contribution in [3.8, 4) is 0 Å². The van der Waals surface area contributed by atoms with Crippen LogP contribution in [0.2, 0.25) is 0 Å². The maximum absolute atomic E-state index is 12.1. The summed E-state index contributed by atoms with van der Waals surface area (Å²) in [6.45, 7) is 8.20. The molecule has 2 aromatic rings. The van der Waals surface area contributed by atoms with Gasteiger partial charge in [0.05, 0.1) is 7.11 Å². The van der Waals surface area contributed by atoms with Gasteiger partial charge in [-0.25, -0.2) is 9.59 Å². The lowest BCUT2D eigenvalue weighted by Crippen LogP contribution is -2.45. The molecular formula is C19H26N2O4. The van der Waals surface area contributed by atoms with Crippen molar-refractivity contribution in [3.63, 3.8) is 0 Å². The highest BCUT2D eigenvalue weighted by Crippen LogP contribution is 2.23. The normalized spacial score (nSPS) is 12.7. The lowest BCUT2D eigenvalue weighted by molar-refractivity contribution is -0.143. The van der Waals surface area contributed by atoms with Crippen LogP contribution in [0.3, 0.4) is 0 Å². The van der Waals surface area contributed by atoms with Crippen LogP contribution >= 0.6 is 0 Å². The SMILES string of the molecule is CCn1cc(C[C@H](NC(=O)OC(C)(C)C)C(=O)OC)c2ccccc21. The molecule has 136 valence electrons. The summed E-state index contributed by atoms with van der Waals surface area (Å²) in [5, 5.41) is 3.68. The van der Waals surface area contributed by atoms with Gasteiger partial charge >= 0.3 is 12.1 Å². The van der Waals surface area contributed by atoms with Crippen LogP contribution in [0, 0.1) is 0 Å². The first kappa shape index (κ1) is 18.8. The number of fused-ring (bicyclic) bond motifs is 1. The van der Waals surface area contributed by atoms with Crippen molar-refractivity contribution in [2.45, 2.75) is 52.3 Å². The molecule has 0 aliphatic rings. The molecule has 0 saturated carbocycles. The molecule has 1 heterocycles. The van der Waals surface area contributed by atoms with Crippen molar-refractivity contribution in [2.75, 3.05) is 7.11 Å². The largest absolute Gasteiger partial charge is 0.467 e. The van der Waals surface area contributed by atoms with Gasteiger partial charge in [0, 0.05) is 30.1 Å². The molecule has 1 atom stereocenters. The Kier molecular flexibility index (Phi) is 5.72. The van der Waals surface area contributed by atoms with Crippen molar-refractivity contribution >= 4 is 23.0 Å². The van der Waals surface area contributed by atoms with Crippen LogP contribution in [0.25, 0.3) is 10.9 Å². The van der Waals surface area contributed by atoms with Crippen molar-refractivity contribution in [1.82, 2.24) is 9.88 Å². The first-order chi connectivity index (χ1) is 11.7. The zero-order valence-corrected chi connectivity index (χ0v) is 15.5. The number of benzene rings is 1. The van der Waals surface area contributed by atoms with Gasteiger partial charge in [-0.05, 0) is 39.3 Å². The van der Waals surface area contributed by atoms with Crippen LogP contribution in [0.15, 0.2) is 30.5 Å². The minimum atomic E-state index is -0.809. The van der Waals surface area contributed by atoms with Gasteiger partial charge in [-0.15, -0.1) is 0 Å². The Labute approximate surface area is 148 Å². The molecule has 1 amide bonds. The van der Waals surface area contributed by atoms with Gasteiger partial charge < -0.3 is 19.4 Å². The monoisotopic (exact) mass is 346 g/mol. The van der Waals surface area contributed by atoms with E-state index in [9.17, 15) is 9.59 Å². The molecule has 0 radical (unpaired) electrons. The Morgan fingerprint density at radius 2 is 1.92 bits per heavy atom. The number of ether oxygens (including phenoxy) is 2. The molecule has 0 unspecified atom stereocenters. The van der Waals surface area contributed by atoms with E-state index in [1.54, 1.807) is 20.8 Å². The van der Waals surface area contributed by atoms with Crippen molar-refractivity contribution in [1.29, 1.82) is 0 Å². The fourth-order valence-corrected chi connectivity index (χ4v) is 2.75. The van der Waals surface area contributed by atoms with Crippen molar-refractivity contribution < 1.29 is 19.1 Å². The van der Waals surface area contributed by atoms with Crippen LogP contribution in [-0.4, -0.2) is 35.4 Å². The highest BCUT2D eigenvalue weighted by Gasteiger charge is 2.26. The number of aromatic nitrogens is 1. The molecular weight excluding hydrogens is 320 g/mol. The summed E-state index contributed by atoms with van der Waals surface area (Å²) in [6, 6.07) is 7.18. The molecule has 1 N–H and O–H groups in total. The third kappa shape index (κ3) is 4.75. The fraction of sp³-hybridized carbons (Fsp3) is 0.474. The number of amides is 1. The Morgan fingerprint density at radius 1 is 1.24 bits per heavy atom. The Balaban J connectivity index is 2.26. The standard InChI is InChI=1S/C19H26N2O4/c1-6-21-12-13(14-9-7-8-10-16(14)21)11-15(17(22)24-5)20-18(23)25-19(2,3)4/h7-10,12,15H,6,11H2,1-5H3,(H,20,23)/t15-/m0/s1. The molecule has 0 aliphatic heterocycles. The highest BCUT2D eigenvalue weighted by atomic mass is 16.6. The van der Waals surface area contributed by atoms with E-state index in [0.717, 1.165) is 23.0 Å². The number of nitrogens with one attached hydrogen (secondary N) is 1. The summed E-state index contributed by atoms with van der Waals surface area (Å²) in [7, 11) is 1.31. The molecule has 0 spiro atoms. The Hall–Kier alpha value is -2.50. The fourth-order valence-electron chi connectivity index (χ4n) is 2.75. The van der Waals surface area contributed by atoms with Gasteiger partial charge in [0.15, 0.2) is 0 Å². The van der Waals surface area contributed by atoms with Gasteiger partial charge in [-0.1, -0.05) is 18.2 Å². The molecule has 2 rings (SSSR count). The minimum absolute atomic E-state index is 0.333. The zero-order chi connectivity index (χ0) is 18.6. The molecule has 0 bridgehead atoms. The zero-order valence-electron chi connectivity index (χ0n) is 15.5. The highest BCUT2D eigenvalue weighted by molar-refractivity contribution is 5.86. The first-order valence-corrected chi connectivity index (χ1v) is 8.39. The number of alkyl carbamates (subject to hydrolysis) is 1. The molecule has 0 saturated heterocycles. The summed E-state index contributed by atoms with van der Waals surface area (Å²) in [5.41, 5.74) is 1.44. The predicted octanol–water partition coefficient (Wildman–Crippen LogP) is 3.27. The van der Waals surface area contributed by atoms with Gasteiger partial charge in [0.25, 0.3) is 0 Å². The smallest absolute Gasteiger partial charge is 0.408 e. The molecule has 1 aromatic carbocycles. The van der Waals surface area contributed by atoms with Crippen LogP contribution < -0.4 is 5.32 Å². The number of para-hydroxylation sites is 1. The summed E-state index contributed by atoms with van der Waals surface area (Å²) in [4.78, 5) is 24.2. The van der Waals surface area contributed by atoms with Gasteiger partial charge in [-0.2, -0.15) is 0 Å². The van der Waals surface area contributed by atoms with E-state index in [-0.39, 0.29) is 0 Å². The summed E-state index contributed by atoms with van der Waals surface area (Å²) in [5.74, 6) is -0.501. The van der Waals surface area contributed by atoms with E-state index in [1.165, 1.54) is 7.11 Å². The lowest BCUT2D eigenvalue weighted by Gasteiger charge is -2.22. The maximum atomic E-state index is 12.1. The van der Waals surface area contributed by atoms with Gasteiger partial charge in [0.1, 0.15) is 11.6 Å². The molecule has 0 aliphatic carbocycles. The molecule has 25 heavy (non-hydrogen) atoms. The summed E-state index contributed by atoms with van der Waals surface area (Å²) < 4.78 is 12.2. The Morgan fingerprint density at radius 3 is 2.52 bits per heavy atom. The number of esters is 1. The number of methoxy groups -OCH3 is 1. The second-order valence-corrected chi connectivity index (χ2v) is 6.88. The lowest BCUT2D eigenvalue weighted by atomic mass is 10.1. The van der Waals surface area contributed by atoms with Crippen LogP contribution in [0.5, 0.6) is 0 Å². The number of rotatable bonds is 5. The average molecular weight is 346 g/mol. The summed E-state index contributed by atoms with van der Waals surface area (Å²) >= 11 is 0. The molecule has 1 aromatic heterocycles. The van der Waals surface area contributed by atoms with Crippen molar-refractivity contribution in [3.05, 3.63) is 36.0 Å². The van der Waals surface area contributed by atoms with Gasteiger partial charge in [0.2, 0.25) is 0 Å². The molecule has 6 heteroatoms. The first-order valence-electron chi connectivity index (χ1n) is 8.39. The summed E-state index contributed by atoms with van der Waals surface area (Å²) in [6.07, 6.45) is 1.71. The van der Waals surface area contributed by atoms with Crippen LogP contribution in [-0.2, 0) is 27.2 Å². The maximum Gasteiger partial charge on any atom is 0.408 e. The van der Waals surface area contributed by atoms with Crippen LogP contribution in [0.4, 0.5) is 4.79 Å². The Bertz CT molecular complexity index is 758. The average Bonchev–Trinajstić information content (AvgIpc) is 2.90. The van der Waals surface area contributed by atoms with Gasteiger partial charge in [-0.3, -0.25) is 0 Å². The quantitative estimate of drug-likeness (QED) is 0.844. The third-order valence-electron chi connectivity index (χ3n) is 3.81. The van der Waals surface area contributed by atoms with E-state index in [2.05, 4.69) is 16.8 Å². The second-order valence-electron chi connectivity index (χ2n) is 6.88. The minimum Gasteiger partial charge on any atom is -0.467 e. The van der Waals surface area contributed by atoms with E-state index >= 15 is 0 Å². The van der Waals surface area contributed by atoms with E-state index in [0.29, 0.717) is 6.42 Å². The second kappa shape index (κ2) is 7.59. The number of nitrogens with zero attached hydrogens (tertiary/aromatic N) is 1. The number of carbonyl (C=O) groups is 2. The number of aryl methyl sites for hydroxylation is 1. The van der Waals surface area contributed by atoms with Crippen LogP contribution in [0.1, 0.15) is 33.3 Å². The number of hydrogen-bond acceptors (Lipinski definition) is 4. The molecule has 6 nitrogen and oxygen atoms in total. The predicted molar refractivity (Wildman–Crippen MR) is 96.5 cm³/mol. The number of carbonyl (C=O) groups excluding carboxylic acids is 2. The van der Waals surface area contributed by atoms with E-state index in [1.807, 2.05) is 30.5 Å². The number of hydrogen-bond donors (Lipinski definition) is 1. The van der Waals surface area contributed by atoms with Crippen molar-refractivity contribution in [2.24, 2.45) is 0 Å². The van der Waals surface area contributed by atoms with E-state index < -0.39 is 23.7 Å². The topological polar surface area (TPSA) is 69.6 Å². The van der Waals surface area contributed by atoms with E-state index in [4.69, 9.17) is 9.47 Å². The molecule has 0 fully saturated rings. The third-order valence-corrected chi connectivity index (χ3v) is 3.81.